The van der Waals surface area contributed by atoms with Crippen molar-refractivity contribution in [3.8, 4) is 11.4 Å². The van der Waals surface area contributed by atoms with E-state index in [-0.39, 0.29) is 16.8 Å². The number of carbonyl (C=O) groups is 1. The second kappa shape index (κ2) is 8.86. The Morgan fingerprint density at radius 3 is 1.95 bits per heavy atom. The van der Waals surface area contributed by atoms with Gasteiger partial charge in [0.15, 0.2) is 11.4 Å². The van der Waals surface area contributed by atoms with Gasteiger partial charge in [-0.15, -0.1) is 0 Å². The van der Waals surface area contributed by atoms with E-state index < -0.39 is 16.6 Å². The van der Waals surface area contributed by atoms with E-state index >= 15 is 0 Å². The number of Topliss-reactive ketones (excluding diaryl/α,β-unsaturated/α-hetero) is 1. The third-order valence-corrected chi connectivity index (χ3v) is 10.6. The van der Waals surface area contributed by atoms with Gasteiger partial charge in [-0.2, -0.15) is 0 Å². The number of aryl methyl sites for hydroxylation is 3. The monoisotopic (exact) mass is 556 g/mol. The van der Waals surface area contributed by atoms with Crippen molar-refractivity contribution in [3.63, 3.8) is 0 Å². The summed E-state index contributed by atoms with van der Waals surface area (Å²) < 4.78 is 8.38. The number of benzene rings is 1. The van der Waals surface area contributed by atoms with Gasteiger partial charge in [0.1, 0.15) is 0 Å². The van der Waals surface area contributed by atoms with Crippen molar-refractivity contribution in [3.05, 3.63) is 60.4 Å². The lowest BCUT2D eigenvalue weighted by atomic mass is 9.58. The van der Waals surface area contributed by atoms with E-state index in [4.69, 9.17) is 9.72 Å². The standard InChI is InChI=1S/C36H48N2O3/c1-18-19(2)21(4)29-26(20(18)3)22(5)28-30(37-29)31-23(6)27-24(32(40)38(31)35(28,12)13)15-16-25(39)36(27,41-14)34(10,11)17-33(7,8)9/h15-17H2,1-14H3/t36-/m1/s1. The number of rotatable bonds is 3. The Bertz CT molecular complexity index is 1730. The van der Waals surface area contributed by atoms with Crippen molar-refractivity contribution in [1.82, 2.24) is 9.55 Å². The molecule has 41 heavy (non-hydrogen) atoms. The lowest BCUT2D eigenvalue weighted by Crippen LogP contribution is -2.56. The van der Waals surface area contributed by atoms with Crippen molar-refractivity contribution in [2.45, 2.75) is 120 Å². The van der Waals surface area contributed by atoms with Crippen molar-refractivity contribution >= 4 is 16.7 Å². The van der Waals surface area contributed by atoms with Gasteiger partial charge >= 0.3 is 0 Å². The first-order valence-corrected chi connectivity index (χ1v) is 15.1. The molecule has 0 fully saturated rings. The lowest BCUT2D eigenvalue weighted by Gasteiger charge is -2.50. The molecule has 0 unspecified atom stereocenters. The molecule has 5 rings (SSSR count). The van der Waals surface area contributed by atoms with Crippen LogP contribution in [0.25, 0.3) is 22.3 Å². The Labute approximate surface area is 245 Å². The molecule has 1 aromatic carbocycles. The summed E-state index contributed by atoms with van der Waals surface area (Å²) in [7, 11) is 1.65. The summed E-state index contributed by atoms with van der Waals surface area (Å²) in [4.78, 5) is 34.2. The van der Waals surface area contributed by atoms with Gasteiger partial charge in [0.2, 0.25) is 0 Å². The fourth-order valence-electron chi connectivity index (χ4n) is 8.99. The van der Waals surface area contributed by atoms with Gasteiger partial charge < -0.3 is 4.74 Å². The highest BCUT2D eigenvalue weighted by Crippen LogP contribution is 2.56. The van der Waals surface area contributed by atoms with Gasteiger partial charge in [0, 0.05) is 41.0 Å². The van der Waals surface area contributed by atoms with E-state index in [9.17, 15) is 9.59 Å². The molecule has 0 saturated heterocycles. The number of carbonyl (C=O) groups excluding carboxylic acids is 1. The van der Waals surface area contributed by atoms with Crippen LogP contribution in [0.4, 0.5) is 0 Å². The summed E-state index contributed by atoms with van der Waals surface area (Å²) in [5.41, 5.74) is 9.96. The number of ketones is 1. The molecule has 1 aliphatic heterocycles. The topological polar surface area (TPSA) is 61.2 Å². The van der Waals surface area contributed by atoms with Crippen molar-refractivity contribution in [2.75, 3.05) is 7.11 Å². The number of aromatic nitrogens is 2. The highest BCUT2D eigenvalue weighted by atomic mass is 16.5. The molecule has 5 nitrogen and oxygen atoms in total. The molecule has 5 heteroatoms. The number of hydrogen-bond acceptors (Lipinski definition) is 4. The van der Waals surface area contributed by atoms with E-state index in [2.05, 4.69) is 90.0 Å². The Morgan fingerprint density at radius 2 is 1.39 bits per heavy atom. The molecule has 220 valence electrons. The molecular formula is C36H48N2O3. The fraction of sp³-hybridized carbons (Fsp3) is 0.583. The fourth-order valence-corrected chi connectivity index (χ4v) is 8.99. The molecule has 3 heterocycles. The number of ether oxygens (including phenoxy) is 1. The Balaban J connectivity index is 1.97. The first kappa shape index (κ1) is 29.7. The molecule has 1 atom stereocenters. The van der Waals surface area contributed by atoms with Gasteiger partial charge in [0.05, 0.1) is 22.4 Å². The summed E-state index contributed by atoms with van der Waals surface area (Å²) in [5.74, 6) is 0.0619. The largest absolute Gasteiger partial charge is 0.365 e. The summed E-state index contributed by atoms with van der Waals surface area (Å²) in [6, 6.07) is 0. The van der Waals surface area contributed by atoms with Crippen LogP contribution < -0.4 is 5.56 Å². The normalized spacial score (nSPS) is 19.9. The van der Waals surface area contributed by atoms with E-state index in [1.54, 1.807) is 7.11 Å². The maximum absolute atomic E-state index is 14.7. The second-order valence-electron chi connectivity index (χ2n) is 15.1. The van der Waals surface area contributed by atoms with Crippen LogP contribution in [-0.4, -0.2) is 22.4 Å². The predicted octanol–water partition coefficient (Wildman–Crippen LogP) is 7.83. The summed E-state index contributed by atoms with van der Waals surface area (Å²) in [5, 5.41) is 1.19. The molecule has 0 spiro atoms. The lowest BCUT2D eigenvalue weighted by molar-refractivity contribution is -0.166. The van der Waals surface area contributed by atoms with Crippen LogP contribution in [0, 0.1) is 52.4 Å². The van der Waals surface area contributed by atoms with E-state index in [1.807, 2.05) is 4.57 Å². The number of methoxy groups -OCH3 is 1. The zero-order valence-electron chi connectivity index (χ0n) is 27.7. The number of fused-ring (bicyclic) bond motifs is 5. The van der Waals surface area contributed by atoms with Crippen LogP contribution in [0.5, 0.6) is 0 Å². The highest BCUT2D eigenvalue weighted by molar-refractivity contribution is 5.96. The summed E-state index contributed by atoms with van der Waals surface area (Å²) in [6.07, 6.45) is 1.49. The molecule has 1 aliphatic carbocycles. The van der Waals surface area contributed by atoms with Crippen LogP contribution in [-0.2, 0) is 27.1 Å². The van der Waals surface area contributed by atoms with E-state index in [0.717, 1.165) is 45.6 Å². The Kier molecular flexibility index (Phi) is 6.42. The van der Waals surface area contributed by atoms with Crippen LogP contribution in [0.1, 0.15) is 111 Å². The number of pyridine rings is 2. The molecule has 0 amide bonds. The zero-order chi connectivity index (χ0) is 30.8. The first-order chi connectivity index (χ1) is 18.8. The molecule has 0 N–H and O–H groups in total. The Morgan fingerprint density at radius 1 is 0.805 bits per heavy atom. The molecular weight excluding hydrogens is 508 g/mol. The van der Waals surface area contributed by atoms with Gasteiger partial charge in [-0.05, 0) is 107 Å². The maximum Gasteiger partial charge on any atom is 0.255 e. The summed E-state index contributed by atoms with van der Waals surface area (Å²) in [6.45, 7) is 28.1. The van der Waals surface area contributed by atoms with Gasteiger partial charge in [-0.25, -0.2) is 4.98 Å². The van der Waals surface area contributed by atoms with Crippen molar-refractivity contribution < 1.29 is 9.53 Å². The Hall–Kier alpha value is -2.79. The highest BCUT2D eigenvalue weighted by Gasteiger charge is 2.58. The molecule has 0 radical (unpaired) electrons. The predicted molar refractivity (Wildman–Crippen MR) is 168 cm³/mol. The average molecular weight is 557 g/mol. The molecule has 0 bridgehead atoms. The second-order valence-corrected chi connectivity index (χ2v) is 15.1. The average Bonchev–Trinajstić information content (AvgIpc) is 3.10. The molecule has 3 aromatic rings. The quantitative estimate of drug-likeness (QED) is 0.330. The van der Waals surface area contributed by atoms with Crippen LogP contribution in [0.3, 0.4) is 0 Å². The van der Waals surface area contributed by atoms with Gasteiger partial charge in [0.25, 0.3) is 5.56 Å². The van der Waals surface area contributed by atoms with Crippen LogP contribution >= 0.6 is 0 Å². The van der Waals surface area contributed by atoms with Gasteiger partial charge in [-0.3, -0.25) is 14.2 Å². The van der Waals surface area contributed by atoms with E-state index in [0.29, 0.717) is 12.8 Å². The summed E-state index contributed by atoms with van der Waals surface area (Å²) >= 11 is 0. The van der Waals surface area contributed by atoms with Gasteiger partial charge in [-0.1, -0.05) is 34.6 Å². The minimum absolute atomic E-state index is 0.0201. The first-order valence-electron chi connectivity index (χ1n) is 15.1. The third-order valence-electron chi connectivity index (χ3n) is 10.6. The van der Waals surface area contributed by atoms with Crippen LogP contribution in [0.15, 0.2) is 4.79 Å². The van der Waals surface area contributed by atoms with E-state index in [1.165, 1.54) is 33.2 Å². The minimum atomic E-state index is -1.22. The van der Waals surface area contributed by atoms with Crippen molar-refractivity contribution in [2.24, 2.45) is 10.8 Å². The SMILES string of the molecule is CO[C@]1(C(C)(C)CC(C)(C)C)C(=O)CCc2c1c(C)c1n(c2=O)C(C)(C)c2c-1nc1c(C)c(C)c(C)c(C)c1c2C. The number of nitrogens with zero attached hydrogens (tertiary/aromatic N) is 2. The number of hydrogen-bond donors (Lipinski definition) is 0. The minimum Gasteiger partial charge on any atom is -0.365 e. The maximum atomic E-state index is 14.7. The molecule has 2 aliphatic rings. The molecule has 2 aromatic heterocycles. The van der Waals surface area contributed by atoms with Crippen LogP contribution in [0.2, 0.25) is 0 Å². The zero-order valence-corrected chi connectivity index (χ0v) is 27.7. The molecule has 0 saturated carbocycles. The smallest absolute Gasteiger partial charge is 0.255 e. The third kappa shape index (κ3) is 3.66. The van der Waals surface area contributed by atoms with Crippen molar-refractivity contribution in [1.29, 1.82) is 0 Å².